The normalized spacial score (nSPS) is 11.0. The van der Waals surface area contributed by atoms with Crippen LogP contribution in [-0.4, -0.2) is 69.6 Å². The zero-order valence-corrected chi connectivity index (χ0v) is 17.9. The molecule has 0 aromatic carbocycles. The van der Waals surface area contributed by atoms with Gasteiger partial charge in [0.25, 0.3) is 0 Å². The Hall–Kier alpha value is -0.340. The number of aliphatic hydroxyl groups excluding tert-OH is 1. The highest BCUT2D eigenvalue weighted by Crippen LogP contribution is 2.10. The molecule has 0 saturated carbocycles. The number of amides is 1. The molecule has 0 aliphatic heterocycles. The second kappa shape index (κ2) is 23.7. The maximum atomic E-state index is 11.7. The van der Waals surface area contributed by atoms with Crippen molar-refractivity contribution < 1.29 is 24.1 Å². The third-order valence-electron chi connectivity index (χ3n) is 4.11. The van der Waals surface area contributed by atoms with Crippen LogP contribution in [0.15, 0.2) is 0 Å². The van der Waals surface area contributed by atoms with Gasteiger partial charge in [-0.15, -0.1) is 0 Å². The lowest BCUT2D eigenvalue weighted by Crippen LogP contribution is -2.27. The summed E-state index contributed by atoms with van der Waals surface area (Å²) in [6.45, 7) is 3.41. The summed E-state index contributed by atoms with van der Waals surface area (Å²) in [7, 11) is 0. The Bertz CT molecular complexity index is 308. The summed E-state index contributed by atoms with van der Waals surface area (Å²) >= 11 is 4.22. The smallest absolute Gasteiger partial charge is 0.220 e. The first kappa shape index (κ1) is 26.7. The van der Waals surface area contributed by atoms with Crippen molar-refractivity contribution in [1.82, 2.24) is 5.32 Å². The molecule has 0 aliphatic carbocycles. The third kappa shape index (κ3) is 23.6. The Morgan fingerprint density at radius 1 is 0.704 bits per heavy atom. The van der Waals surface area contributed by atoms with Gasteiger partial charge in [-0.1, -0.05) is 44.9 Å². The highest BCUT2D eigenvalue weighted by Gasteiger charge is 2.00. The van der Waals surface area contributed by atoms with Crippen LogP contribution < -0.4 is 5.32 Å². The monoisotopic (exact) mass is 407 g/mol. The molecule has 0 saturated heterocycles. The topological polar surface area (TPSA) is 77.0 Å². The van der Waals surface area contributed by atoms with Gasteiger partial charge < -0.3 is 24.6 Å². The van der Waals surface area contributed by atoms with Crippen molar-refractivity contribution in [3.05, 3.63) is 0 Å². The summed E-state index contributed by atoms with van der Waals surface area (Å²) in [4.78, 5) is 11.7. The van der Waals surface area contributed by atoms with Crippen LogP contribution >= 0.6 is 12.6 Å². The fourth-order valence-electron chi connectivity index (χ4n) is 2.59. The van der Waals surface area contributed by atoms with Crippen molar-refractivity contribution >= 4 is 18.5 Å². The van der Waals surface area contributed by atoms with Crippen LogP contribution in [0.4, 0.5) is 0 Å². The van der Waals surface area contributed by atoms with Crippen molar-refractivity contribution in [2.75, 3.05) is 58.5 Å². The molecule has 0 fully saturated rings. The highest BCUT2D eigenvalue weighted by molar-refractivity contribution is 7.80. The molecule has 0 heterocycles. The van der Waals surface area contributed by atoms with Crippen LogP contribution in [0.25, 0.3) is 0 Å². The van der Waals surface area contributed by atoms with Gasteiger partial charge in [0.1, 0.15) is 0 Å². The van der Waals surface area contributed by atoms with Crippen LogP contribution in [0.3, 0.4) is 0 Å². The van der Waals surface area contributed by atoms with E-state index in [0.717, 1.165) is 18.6 Å². The average Bonchev–Trinajstić information content (AvgIpc) is 2.67. The number of aliphatic hydroxyl groups is 1. The fourth-order valence-corrected chi connectivity index (χ4v) is 2.82. The molecule has 1 amide bonds. The number of hydrogen-bond acceptors (Lipinski definition) is 6. The van der Waals surface area contributed by atoms with Crippen LogP contribution in [0.1, 0.15) is 64.2 Å². The Labute approximate surface area is 171 Å². The zero-order chi connectivity index (χ0) is 19.8. The number of hydrogen-bond donors (Lipinski definition) is 3. The van der Waals surface area contributed by atoms with Crippen molar-refractivity contribution in [3.8, 4) is 0 Å². The van der Waals surface area contributed by atoms with E-state index in [-0.39, 0.29) is 12.5 Å². The van der Waals surface area contributed by atoms with Crippen molar-refractivity contribution in [2.45, 2.75) is 64.2 Å². The van der Waals surface area contributed by atoms with Gasteiger partial charge in [0.05, 0.1) is 46.2 Å². The van der Waals surface area contributed by atoms with Crippen molar-refractivity contribution in [3.63, 3.8) is 0 Å². The lowest BCUT2D eigenvalue weighted by Gasteiger charge is -2.07. The summed E-state index contributed by atoms with van der Waals surface area (Å²) < 4.78 is 15.8. The average molecular weight is 408 g/mol. The molecular weight excluding hydrogens is 366 g/mol. The predicted octanol–water partition coefficient (Wildman–Crippen LogP) is 2.98. The number of carbonyl (C=O) groups is 1. The highest BCUT2D eigenvalue weighted by atomic mass is 32.1. The third-order valence-corrected chi connectivity index (χ3v) is 4.43. The van der Waals surface area contributed by atoms with Gasteiger partial charge in [-0.05, 0) is 18.6 Å². The molecule has 0 bridgehead atoms. The molecule has 0 aliphatic rings. The second-order valence-corrected chi connectivity index (χ2v) is 7.01. The van der Waals surface area contributed by atoms with Crippen LogP contribution in [-0.2, 0) is 19.0 Å². The van der Waals surface area contributed by atoms with E-state index in [2.05, 4.69) is 17.9 Å². The van der Waals surface area contributed by atoms with E-state index in [1.165, 1.54) is 44.9 Å². The summed E-state index contributed by atoms with van der Waals surface area (Å²) in [5.41, 5.74) is 0. The molecule has 0 aromatic rings. The Balaban J connectivity index is 3.13. The lowest BCUT2D eigenvalue weighted by atomic mass is 10.1. The first-order valence-corrected chi connectivity index (χ1v) is 11.2. The molecule has 27 heavy (non-hydrogen) atoms. The molecule has 6 nitrogen and oxygen atoms in total. The molecule has 0 rings (SSSR count). The largest absolute Gasteiger partial charge is 0.394 e. The number of nitrogens with one attached hydrogen (secondary N) is 1. The van der Waals surface area contributed by atoms with Crippen LogP contribution in [0.2, 0.25) is 0 Å². The number of unbranched alkanes of at least 4 members (excludes halogenated alkanes) is 8. The van der Waals surface area contributed by atoms with Gasteiger partial charge in [-0.3, -0.25) is 4.79 Å². The van der Waals surface area contributed by atoms with E-state index in [0.29, 0.717) is 52.6 Å². The Morgan fingerprint density at radius 2 is 1.19 bits per heavy atom. The summed E-state index contributed by atoms with van der Waals surface area (Å²) in [5, 5.41) is 11.4. The van der Waals surface area contributed by atoms with Gasteiger partial charge in [0, 0.05) is 13.0 Å². The summed E-state index contributed by atoms with van der Waals surface area (Å²) in [5.74, 6) is 1.12. The van der Waals surface area contributed by atoms with Crippen molar-refractivity contribution in [2.24, 2.45) is 0 Å². The number of rotatable bonds is 22. The van der Waals surface area contributed by atoms with Gasteiger partial charge in [0.15, 0.2) is 0 Å². The maximum Gasteiger partial charge on any atom is 0.220 e. The standard InChI is InChI=1S/C20H41NO5S/c22-12-14-25-16-18-26-17-15-24-13-11-21-20(23)10-8-6-4-2-1-3-5-7-9-19-27/h22,27H,1-19H2,(H,21,23). The quantitative estimate of drug-likeness (QED) is 0.190. The van der Waals surface area contributed by atoms with Crippen molar-refractivity contribution in [1.29, 1.82) is 0 Å². The second-order valence-electron chi connectivity index (χ2n) is 6.57. The van der Waals surface area contributed by atoms with E-state index >= 15 is 0 Å². The molecule has 7 heteroatoms. The minimum Gasteiger partial charge on any atom is -0.394 e. The molecule has 162 valence electrons. The molecular formula is C20H41NO5S. The van der Waals surface area contributed by atoms with Crippen LogP contribution in [0.5, 0.6) is 0 Å². The minimum absolute atomic E-state index is 0.0338. The van der Waals surface area contributed by atoms with Gasteiger partial charge >= 0.3 is 0 Å². The summed E-state index contributed by atoms with van der Waals surface area (Å²) in [6, 6.07) is 0. The Kier molecular flexibility index (Phi) is 23.4. The van der Waals surface area contributed by atoms with Gasteiger partial charge in [-0.2, -0.15) is 12.6 Å². The van der Waals surface area contributed by atoms with E-state index in [1.807, 2.05) is 0 Å². The maximum absolute atomic E-state index is 11.7. The fraction of sp³-hybridized carbons (Fsp3) is 0.950. The number of ether oxygens (including phenoxy) is 3. The number of thiol groups is 1. The van der Waals surface area contributed by atoms with Gasteiger partial charge in [0.2, 0.25) is 5.91 Å². The molecule has 0 atom stereocenters. The SMILES string of the molecule is O=C(CCCCCCCCCCCS)NCCOCCOCCOCCO. The van der Waals surface area contributed by atoms with E-state index in [9.17, 15) is 4.79 Å². The molecule has 0 radical (unpaired) electrons. The zero-order valence-electron chi connectivity index (χ0n) is 17.0. The first-order valence-electron chi connectivity index (χ1n) is 10.5. The Morgan fingerprint density at radius 3 is 1.74 bits per heavy atom. The first-order chi connectivity index (χ1) is 13.3. The molecule has 0 unspecified atom stereocenters. The number of carbonyl (C=O) groups excluding carboxylic acids is 1. The molecule has 2 N–H and O–H groups in total. The van der Waals surface area contributed by atoms with E-state index in [1.54, 1.807) is 0 Å². The molecule has 0 aromatic heterocycles. The van der Waals surface area contributed by atoms with Crippen LogP contribution in [0, 0.1) is 0 Å². The minimum atomic E-state index is 0.0338. The van der Waals surface area contributed by atoms with Gasteiger partial charge in [-0.25, -0.2) is 0 Å². The summed E-state index contributed by atoms with van der Waals surface area (Å²) in [6.07, 6.45) is 11.7. The predicted molar refractivity (Wildman–Crippen MR) is 113 cm³/mol. The van der Waals surface area contributed by atoms with E-state index in [4.69, 9.17) is 19.3 Å². The van der Waals surface area contributed by atoms with E-state index < -0.39 is 0 Å². The lowest BCUT2D eigenvalue weighted by molar-refractivity contribution is -0.121. The molecule has 0 spiro atoms.